The highest BCUT2D eigenvalue weighted by Gasteiger charge is 2.64. The molecule has 1 heteroatoms. The van der Waals surface area contributed by atoms with E-state index in [0.29, 0.717) is 0 Å². The zero-order chi connectivity index (χ0) is 12.3. The lowest BCUT2D eigenvalue weighted by Gasteiger charge is -2.26. The number of hydrogen-bond acceptors (Lipinski definition) is 1. The molecule has 0 aromatic rings. The zero-order valence-electron chi connectivity index (χ0n) is 11.9. The Hall–Kier alpha value is -0.300. The van der Waals surface area contributed by atoms with Crippen molar-refractivity contribution in [2.45, 2.75) is 52.0 Å². The van der Waals surface area contributed by atoms with Crippen molar-refractivity contribution in [2.24, 2.45) is 35.5 Å². The lowest BCUT2D eigenvalue weighted by atomic mass is 9.83. The predicted molar refractivity (Wildman–Crippen MR) is 75.2 cm³/mol. The largest absolute Gasteiger partial charge is 0.313 e. The maximum Gasteiger partial charge on any atom is 0.0136 e. The van der Waals surface area contributed by atoms with Crippen LogP contribution in [0, 0.1) is 35.5 Å². The summed E-state index contributed by atoms with van der Waals surface area (Å²) < 4.78 is 0. The molecule has 2 bridgehead atoms. The van der Waals surface area contributed by atoms with E-state index in [1.807, 2.05) is 0 Å². The van der Waals surface area contributed by atoms with Crippen molar-refractivity contribution < 1.29 is 0 Å². The minimum atomic E-state index is 0.806. The summed E-state index contributed by atoms with van der Waals surface area (Å²) in [5, 5.41) is 3.94. The first-order valence-electron chi connectivity index (χ1n) is 8.13. The van der Waals surface area contributed by atoms with Gasteiger partial charge in [-0.15, -0.1) is 0 Å². The molecule has 0 spiro atoms. The van der Waals surface area contributed by atoms with E-state index >= 15 is 0 Å². The van der Waals surface area contributed by atoms with Gasteiger partial charge in [0.2, 0.25) is 0 Å². The first-order chi connectivity index (χ1) is 8.72. The third-order valence-corrected chi connectivity index (χ3v) is 6.26. The maximum absolute atomic E-state index is 3.94. The van der Waals surface area contributed by atoms with E-state index in [1.165, 1.54) is 19.4 Å². The van der Waals surface area contributed by atoms with Gasteiger partial charge >= 0.3 is 0 Å². The standard InChI is InChI=1S/C17H27N/c1-10-5-11(2)7-12(6-10)9-18-17-15-13-3-4-14(8-13)16(15)17/h5,10,12-18H,3-4,6-9H2,1-2H3. The van der Waals surface area contributed by atoms with Crippen LogP contribution in [0.4, 0.5) is 0 Å². The highest BCUT2D eigenvalue weighted by Crippen LogP contribution is 2.65. The van der Waals surface area contributed by atoms with Crippen LogP contribution in [0.1, 0.15) is 46.0 Å². The zero-order valence-corrected chi connectivity index (χ0v) is 11.9. The van der Waals surface area contributed by atoms with Crippen LogP contribution in [-0.2, 0) is 0 Å². The van der Waals surface area contributed by atoms with Crippen LogP contribution in [-0.4, -0.2) is 12.6 Å². The topological polar surface area (TPSA) is 12.0 Å². The molecule has 3 fully saturated rings. The van der Waals surface area contributed by atoms with Crippen LogP contribution in [0.25, 0.3) is 0 Å². The summed E-state index contributed by atoms with van der Waals surface area (Å²) >= 11 is 0. The molecule has 1 N–H and O–H groups in total. The van der Waals surface area contributed by atoms with Gasteiger partial charge < -0.3 is 5.32 Å². The Morgan fingerprint density at radius 1 is 1.17 bits per heavy atom. The summed E-state index contributed by atoms with van der Waals surface area (Å²) in [4.78, 5) is 0. The van der Waals surface area contributed by atoms with Gasteiger partial charge in [0.25, 0.3) is 0 Å². The van der Waals surface area contributed by atoms with Gasteiger partial charge in [0.1, 0.15) is 0 Å². The second-order valence-electron chi connectivity index (χ2n) is 7.72. The Labute approximate surface area is 111 Å². The van der Waals surface area contributed by atoms with Crippen molar-refractivity contribution in [3.8, 4) is 0 Å². The molecule has 4 aliphatic carbocycles. The smallest absolute Gasteiger partial charge is 0.0136 e. The molecule has 6 unspecified atom stereocenters. The van der Waals surface area contributed by atoms with Crippen LogP contribution in [0.5, 0.6) is 0 Å². The molecular formula is C17H27N. The lowest BCUT2D eigenvalue weighted by Crippen LogP contribution is -2.30. The van der Waals surface area contributed by atoms with E-state index in [1.54, 1.807) is 24.8 Å². The van der Waals surface area contributed by atoms with Crippen LogP contribution in [0.2, 0.25) is 0 Å². The fraction of sp³-hybridized carbons (Fsp3) is 0.882. The van der Waals surface area contributed by atoms with Gasteiger partial charge in [-0.2, -0.15) is 0 Å². The number of hydrogen-bond donors (Lipinski definition) is 1. The summed E-state index contributed by atoms with van der Waals surface area (Å²) in [6, 6.07) is 0.928. The third kappa shape index (κ3) is 1.78. The van der Waals surface area contributed by atoms with E-state index in [0.717, 1.165) is 41.5 Å². The van der Waals surface area contributed by atoms with E-state index < -0.39 is 0 Å². The van der Waals surface area contributed by atoms with Gasteiger partial charge in [0.05, 0.1) is 0 Å². The average molecular weight is 245 g/mol. The van der Waals surface area contributed by atoms with Crippen molar-refractivity contribution in [1.29, 1.82) is 0 Å². The van der Waals surface area contributed by atoms with Crippen molar-refractivity contribution in [1.82, 2.24) is 5.32 Å². The molecular weight excluding hydrogens is 218 g/mol. The molecule has 6 atom stereocenters. The quantitative estimate of drug-likeness (QED) is 0.749. The van der Waals surface area contributed by atoms with Crippen molar-refractivity contribution in [3.05, 3.63) is 11.6 Å². The average Bonchev–Trinajstić information content (AvgIpc) is 2.71. The molecule has 0 aromatic carbocycles. The molecule has 0 aliphatic heterocycles. The highest BCUT2D eigenvalue weighted by molar-refractivity contribution is 5.17. The molecule has 0 amide bonds. The molecule has 18 heavy (non-hydrogen) atoms. The minimum Gasteiger partial charge on any atom is -0.313 e. The van der Waals surface area contributed by atoms with Crippen LogP contribution in [0.3, 0.4) is 0 Å². The molecule has 0 heterocycles. The van der Waals surface area contributed by atoms with Gasteiger partial charge in [-0.1, -0.05) is 18.6 Å². The van der Waals surface area contributed by atoms with Crippen LogP contribution < -0.4 is 5.32 Å². The van der Waals surface area contributed by atoms with Gasteiger partial charge in [0.15, 0.2) is 0 Å². The summed E-state index contributed by atoms with van der Waals surface area (Å²) in [7, 11) is 0. The van der Waals surface area contributed by atoms with Crippen LogP contribution in [0.15, 0.2) is 11.6 Å². The van der Waals surface area contributed by atoms with E-state index in [2.05, 4.69) is 25.2 Å². The fourth-order valence-electron chi connectivity index (χ4n) is 5.74. The number of fused-ring (bicyclic) bond motifs is 5. The van der Waals surface area contributed by atoms with Crippen LogP contribution >= 0.6 is 0 Å². The fourth-order valence-corrected chi connectivity index (χ4v) is 5.74. The van der Waals surface area contributed by atoms with Gasteiger partial charge in [-0.3, -0.25) is 0 Å². The summed E-state index contributed by atoms with van der Waals surface area (Å²) in [5.41, 5.74) is 1.62. The van der Waals surface area contributed by atoms with E-state index in [-0.39, 0.29) is 0 Å². The molecule has 100 valence electrons. The Bertz CT molecular complexity index is 356. The second kappa shape index (κ2) is 4.10. The molecule has 0 aromatic heterocycles. The normalized spacial score (nSPS) is 53.2. The lowest BCUT2D eigenvalue weighted by molar-refractivity contribution is 0.361. The van der Waals surface area contributed by atoms with Crippen molar-refractivity contribution >= 4 is 0 Å². The third-order valence-electron chi connectivity index (χ3n) is 6.26. The predicted octanol–water partition coefficient (Wildman–Crippen LogP) is 3.61. The van der Waals surface area contributed by atoms with E-state index in [9.17, 15) is 0 Å². The number of allylic oxidation sites excluding steroid dienone is 2. The first-order valence-corrected chi connectivity index (χ1v) is 8.13. The van der Waals surface area contributed by atoms with Crippen molar-refractivity contribution in [3.63, 3.8) is 0 Å². The SMILES string of the molecule is CC1=CC(C)CC(CNC2C3C4CCC(C4)C23)C1. The Morgan fingerprint density at radius 3 is 2.56 bits per heavy atom. The maximum atomic E-state index is 3.94. The molecule has 1 nitrogen and oxygen atoms in total. The molecule has 0 saturated heterocycles. The number of rotatable bonds is 3. The monoisotopic (exact) mass is 245 g/mol. The second-order valence-corrected chi connectivity index (χ2v) is 7.72. The van der Waals surface area contributed by atoms with E-state index in [4.69, 9.17) is 0 Å². The van der Waals surface area contributed by atoms with Gasteiger partial charge in [-0.05, 0) is 81.1 Å². The molecule has 4 aliphatic rings. The molecule has 0 radical (unpaired) electrons. The summed E-state index contributed by atoms with van der Waals surface area (Å²) in [5.74, 6) is 6.14. The minimum absolute atomic E-state index is 0.806. The molecule has 4 rings (SSSR count). The Morgan fingerprint density at radius 2 is 1.89 bits per heavy atom. The molecule has 3 saturated carbocycles. The van der Waals surface area contributed by atoms with Gasteiger partial charge in [0, 0.05) is 6.04 Å². The van der Waals surface area contributed by atoms with Crippen molar-refractivity contribution in [2.75, 3.05) is 6.54 Å². The first kappa shape index (κ1) is 11.5. The Kier molecular flexibility index (Phi) is 2.62. The summed E-state index contributed by atoms with van der Waals surface area (Å²) in [6.45, 7) is 5.98. The number of nitrogens with one attached hydrogen (secondary N) is 1. The Balaban J connectivity index is 1.30. The van der Waals surface area contributed by atoms with Gasteiger partial charge in [-0.25, -0.2) is 0 Å². The highest BCUT2D eigenvalue weighted by atomic mass is 15.0. The summed E-state index contributed by atoms with van der Waals surface area (Å²) in [6.07, 6.45) is 9.89.